The average Bonchev–Trinajstić information content (AvgIpc) is 3.19. The average molecular weight is 376 g/mol. The molecule has 1 atom stereocenters. The third-order valence-electron chi connectivity index (χ3n) is 4.53. The van der Waals surface area contributed by atoms with E-state index in [1.807, 2.05) is 67.6 Å². The normalized spacial score (nSPS) is 14.0. The maximum absolute atomic E-state index is 12.3. The van der Waals surface area contributed by atoms with Crippen LogP contribution in [0.3, 0.4) is 0 Å². The molecular weight excluding hydrogens is 356 g/mol. The van der Waals surface area contributed by atoms with E-state index in [-0.39, 0.29) is 12.7 Å². The van der Waals surface area contributed by atoms with Gasteiger partial charge in [0.2, 0.25) is 6.79 Å². The number of rotatable bonds is 5. The number of hydrogen-bond donors (Lipinski definition) is 1. The molecule has 1 aliphatic heterocycles. The van der Waals surface area contributed by atoms with Gasteiger partial charge in [-0.15, -0.1) is 0 Å². The minimum absolute atomic E-state index is 0.218. The summed E-state index contributed by atoms with van der Waals surface area (Å²) in [5, 5.41) is 6.35. The van der Waals surface area contributed by atoms with E-state index >= 15 is 0 Å². The molecule has 4 rings (SSSR count). The van der Waals surface area contributed by atoms with E-state index in [1.165, 1.54) is 0 Å². The van der Waals surface area contributed by atoms with Gasteiger partial charge >= 0.3 is 0 Å². The van der Waals surface area contributed by atoms with E-state index in [0.717, 1.165) is 16.3 Å². The van der Waals surface area contributed by atoms with Crippen molar-refractivity contribution < 1.29 is 19.0 Å². The summed E-state index contributed by atoms with van der Waals surface area (Å²) in [6.07, 6.45) is -0.686. The molecule has 3 aromatic rings. The summed E-state index contributed by atoms with van der Waals surface area (Å²) in [6.45, 7) is 3.72. The van der Waals surface area contributed by atoms with Gasteiger partial charge in [0.25, 0.3) is 5.91 Å². The van der Waals surface area contributed by atoms with E-state index in [0.29, 0.717) is 23.0 Å². The van der Waals surface area contributed by atoms with Gasteiger partial charge in [-0.2, -0.15) is 5.10 Å². The first-order valence-corrected chi connectivity index (χ1v) is 9.00. The molecule has 0 radical (unpaired) electrons. The molecule has 0 fully saturated rings. The quantitative estimate of drug-likeness (QED) is 0.542. The molecule has 1 amide bonds. The van der Waals surface area contributed by atoms with Gasteiger partial charge < -0.3 is 14.2 Å². The Balaban J connectivity index is 1.40. The van der Waals surface area contributed by atoms with Crippen molar-refractivity contribution in [3.05, 3.63) is 66.2 Å². The summed E-state index contributed by atoms with van der Waals surface area (Å²) < 4.78 is 16.4. The molecule has 0 bridgehead atoms. The highest BCUT2D eigenvalue weighted by Crippen LogP contribution is 2.32. The summed E-state index contributed by atoms with van der Waals surface area (Å²) in [6, 6.07) is 19.3. The van der Waals surface area contributed by atoms with E-state index < -0.39 is 6.10 Å². The lowest BCUT2D eigenvalue weighted by molar-refractivity contribution is -0.127. The first kappa shape index (κ1) is 17.9. The Morgan fingerprint density at radius 1 is 1.04 bits per heavy atom. The Kier molecular flexibility index (Phi) is 4.85. The Bertz CT molecular complexity index is 1060. The summed E-state index contributed by atoms with van der Waals surface area (Å²) >= 11 is 0. The number of amides is 1. The van der Waals surface area contributed by atoms with Crippen LogP contribution < -0.4 is 19.6 Å². The van der Waals surface area contributed by atoms with Crippen molar-refractivity contribution in [3.8, 4) is 17.2 Å². The first-order valence-electron chi connectivity index (χ1n) is 9.00. The highest BCUT2D eigenvalue weighted by molar-refractivity contribution is 6.00. The zero-order valence-corrected chi connectivity index (χ0v) is 15.6. The smallest absolute Gasteiger partial charge is 0.280 e. The van der Waals surface area contributed by atoms with Crippen molar-refractivity contribution in [2.45, 2.75) is 20.0 Å². The lowest BCUT2D eigenvalue weighted by Gasteiger charge is -2.14. The Labute approximate surface area is 162 Å². The summed E-state index contributed by atoms with van der Waals surface area (Å²) in [5.41, 5.74) is 4.06. The van der Waals surface area contributed by atoms with E-state index in [4.69, 9.17) is 14.2 Å². The molecule has 6 heteroatoms. The van der Waals surface area contributed by atoms with Crippen LogP contribution in [0.2, 0.25) is 0 Å². The van der Waals surface area contributed by atoms with Crippen LogP contribution in [0, 0.1) is 0 Å². The van der Waals surface area contributed by atoms with E-state index in [1.54, 1.807) is 6.92 Å². The maximum Gasteiger partial charge on any atom is 0.280 e. The van der Waals surface area contributed by atoms with Crippen LogP contribution in [0.1, 0.15) is 19.4 Å². The second-order valence-electron chi connectivity index (χ2n) is 6.51. The zero-order chi connectivity index (χ0) is 19.5. The molecule has 3 aromatic carbocycles. The number of fused-ring (bicyclic) bond motifs is 2. The Hall–Kier alpha value is -3.54. The summed E-state index contributed by atoms with van der Waals surface area (Å²) in [7, 11) is 0. The number of carbonyl (C=O) groups is 1. The van der Waals surface area contributed by atoms with E-state index in [9.17, 15) is 4.79 Å². The SMILES string of the molecule is CC(=NNC(=O)C(C)Oc1ccc2ccccc2c1)c1ccc2c(c1)OCO2. The number of benzene rings is 3. The molecule has 6 nitrogen and oxygen atoms in total. The fraction of sp³-hybridized carbons (Fsp3) is 0.182. The van der Waals surface area contributed by atoms with Crippen LogP contribution in [0.25, 0.3) is 10.8 Å². The number of hydrogen-bond acceptors (Lipinski definition) is 5. The molecule has 28 heavy (non-hydrogen) atoms. The van der Waals surface area contributed by atoms with Crippen LogP contribution in [0.4, 0.5) is 0 Å². The minimum Gasteiger partial charge on any atom is -0.481 e. The number of hydrazone groups is 1. The Morgan fingerprint density at radius 2 is 1.82 bits per heavy atom. The summed E-state index contributed by atoms with van der Waals surface area (Å²) in [5.74, 6) is 1.69. The molecule has 1 aliphatic rings. The van der Waals surface area contributed by atoms with Gasteiger partial charge in [0.05, 0.1) is 5.71 Å². The minimum atomic E-state index is -0.686. The topological polar surface area (TPSA) is 69.2 Å². The number of ether oxygens (including phenoxy) is 3. The molecule has 0 aliphatic carbocycles. The van der Waals surface area contributed by atoms with Gasteiger partial charge in [-0.3, -0.25) is 4.79 Å². The predicted octanol–water partition coefficient (Wildman–Crippen LogP) is 3.88. The molecule has 0 spiro atoms. The zero-order valence-electron chi connectivity index (χ0n) is 15.6. The number of nitrogens with one attached hydrogen (secondary N) is 1. The second kappa shape index (κ2) is 7.60. The van der Waals surface area contributed by atoms with Crippen LogP contribution in [-0.2, 0) is 4.79 Å². The Morgan fingerprint density at radius 3 is 2.68 bits per heavy atom. The first-order chi connectivity index (χ1) is 13.6. The molecule has 0 saturated carbocycles. The highest BCUT2D eigenvalue weighted by atomic mass is 16.7. The fourth-order valence-corrected chi connectivity index (χ4v) is 2.91. The van der Waals surface area contributed by atoms with Gasteiger partial charge in [0.15, 0.2) is 17.6 Å². The molecule has 142 valence electrons. The van der Waals surface area contributed by atoms with Crippen molar-refractivity contribution in [1.82, 2.24) is 5.43 Å². The van der Waals surface area contributed by atoms with Gasteiger partial charge in [-0.05, 0) is 55.0 Å². The lowest BCUT2D eigenvalue weighted by atomic mass is 10.1. The van der Waals surface area contributed by atoms with Crippen LogP contribution in [0.15, 0.2) is 65.8 Å². The van der Waals surface area contributed by atoms with Crippen LogP contribution in [0.5, 0.6) is 17.2 Å². The largest absolute Gasteiger partial charge is 0.481 e. The third kappa shape index (κ3) is 3.76. The fourth-order valence-electron chi connectivity index (χ4n) is 2.91. The van der Waals surface area contributed by atoms with Crippen molar-refractivity contribution in [2.24, 2.45) is 5.10 Å². The molecule has 0 aromatic heterocycles. The standard InChI is InChI=1S/C22H20N2O4/c1-14(17-8-10-20-21(12-17)27-13-26-20)23-24-22(25)15(2)28-19-9-7-16-5-3-4-6-18(16)11-19/h3-12,15H,13H2,1-2H3,(H,24,25). The van der Waals surface area contributed by atoms with Crippen molar-refractivity contribution in [2.75, 3.05) is 6.79 Å². The van der Waals surface area contributed by atoms with Gasteiger partial charge in [0.1, 0.15) is 5.75 Å². The molecular formula is C22H20N2O4. The lowest BCUT2D eigenvalue weighted by Crippen LogP contribution is -2.33. The van der Waals surface area contributed by atoms with Gasteiger partial charge in [-0.25, -0.2) is 5.43 Å². The molecule has 1 unspecified atom stereocenters. The van der Waals surface area contributed by atoms with Gasteiger partial charge in [0, 0.05) is 5.56 Å². The van der Waals surface area contributed by atoms with Gasteiger partial charge in [-0.1, -0.05) is 30.3 Å². The molecule has 1 heterocycles. The molecule has 1 N–H and O–H groups in total. The third-order valence-corrected chi connectivity index (χ3v) is 4.53. The number of nitrogens with zero attached hydrogens (tertiary/aromatic N) is 1. The summed E-state index contributed by atoms with van der Waals surface area (Å²) in [4.78, 5) is 12.3. The number of carbonyl (C=O) groups excluding carboxylic acids is 1. The second-order valence-corrected chi connectivity index (χ2v) is 6.51. The predicted molar refractivity (Wildman–Crippen MR) is 107 cm³/mol. The van der Waals surface area contributed by atoms with E-state index in [2.05, 4.69) is 10.5 Å². The monoisotopic (exact) mass is 376 g/mol. The molecule has 0 saturated heterocycles. The van der Waals surface area contributed by atoms with Crippen LogP contribution in [-0.4, -0.2) is 24.5 Å². The maximum atomic E-state index is 12.3. The highest BCUT2D eigenvalue weighted by Gasteiger charge is 2.16. The van der Waals surface area contributed by atoms with Crippen molar-refractivity contribution in [1.29, 1.82) is 0 Å². The van der Waals surface area contributed by atoms with Crippen molar-refractivity contribution >= 4 is 22.4 Å². The van der Waals surface area contributed by atoms with Crippen LogP contribution >= 0.6 is 0 Å². The van der Waals surface area contributed by atoms with Crippen molar-refractivity contribution in [3.63, 3.8) is 0 Å².